The van der Waals surface area contributed by atoms with Gasteiger partial charge < -0.3 is 15.7 Å². The maximum absolute atomic E-state index is 12.8. The molecule has 1 aliphatic heterocycles. The lowest BCUT2D eigenvalue weighted by Crippen LogP contribution is -2.26. The Morgan fingerprint density at radius 2 is 1.97 bits per heavy atom. The van der Waals surface area contributed by atoms with Crippen molar-refractivity contribution in [3.8, 4) is 11.3 Å². The number of hydrogen-bond acceptors (Lipinski definition) is 5. The number of fused-ring (bicyclic) bond motifs is 1. The maximum Gasteiger partial charge on any atom is 0.305 e. The highest BCUT2D eigenvalue weighted by molar-refractivity contribution is 6.35. The summed E-state index contributed by atoms with van der Waals surface area (Å²) in [4.78, 5) is 28.3. The number of rotatable bonds is 8. The summed E-state index contributed by atoms with van der Waals surface area (Å²) in [6, 6.07) is 9.10. The van der Waals surface area contributed by atoms with Crippen molar-refractivity contribution in [3.05, 3.63) is 63.4 Å². The van der Waals surface area contributed by atoms with Crippen LogP contribution < -0.4 is 10.6 Å². The third-order valence-electron chi connectivity index (χ3n) is 5.32. The maximum atomic E-state index is 12.8. The van der Waals surface area contributed by atoms with E-state index >= 15 is 0 Å². The number of carboxylic acids is 1. The van der Waals surface area contributed by atoms with Crippen LogP contribution in [0.1, 0.15) is 34.5 Å². The highest BCUT2D eigenvalue weighted by Gasteiger charge is 2.19. The zero-order valence-corrected chi connectivity index (χ0v) is 19.3. The molecule has 4 rings (SSSR count). The Kier molecular flexibility index (Phi) is 7.15. The molecule has 3 N–H and O–H groups in total. The molecule has 0 saturated carbocycles. The van der Waals surface area contributed by atoms with Crippen molar-refractivity contribution in [1.29, 1.82) is 0 Å². The largest absolute Gasteiger partial charge is 0.481 e. The fourth-order valence-corrected chi connectivity index (χ4v) is 4.25. The van der Waals surface area contributed by atoms with Crippen LogP contribution in [0.4, 0.5) is 5.82 Å². The number of benzene rings is 1. The molecule has 8 nitrogen and oxygen atoms in total. The number of aliphatic carboxylic acids is 1. The minimum absolute atomic E-state index is 0.0150. The van der Waals surface area contributed by atoms with E-state index in [9.17, 15) is 9.59 Å². The third kappa shape index (κ3) is 5.83. The first-order chi connectivity index (χ1) is 15.9. The first-order valence-corrected chi connectivity index (χ1v) is 11.4. The molecule has 0 aliphatic carbocycles. The molecule has 1 amide bonds. The minimum atomic E-state index is -0.986. The molecule has 0 radical (unpaired) electrons. The summed E-state index contributed by atoms with van der Waals surface area (Å²) in [5.74, 6) is -0.462. The van der Waals surface area contributed by atoms with Crippen LogP contribution in [0.5, 0.6) is 0 Å². The Balaban J connectivity index is 1.57. The van der Waals surface area contributed by atoms with Crippen molar-refractivity contribution in [2.24, 2.45) is 0 Å². The number of anilines is 1. The molecule has 0 spiro atoms. The number of amides is 1. The topological polar surface area (TPSA) is 109 Å². The lowest BCUT2D eigenvalue weighted by atomic mass is 10.1. The van der Waals surface area contributed by atoms with E-state index in [1.165, 1.54) is 5.56 Å². The fraction of sp³-hybridized carbons (Fsp3) is 0.304. The van der Waals surface area contributed by atoms with E-state index < -0.39 is 11.9 Å². The van der Waals surface area contributed by atoms with Gasteiger partial charge >= 0.3 is 5.97 Å². The van der Waals surface area contributed by atoms with E-state index in [2.05, 4.69) is 21.8 Å². The third-order valence-corrected chi connectivity index (χ3v) is 5.75. The summed E-state index contributed by atoms with van der Waals surface area (Å²) in [5, 5.41) is 20.3. The quantitative estimate of drug-likeness (QED) is 0.441. The Morgan fingerprint density at radius 3 is 2.73 bits per heavy atom. The molecule has 1 aliphatic rings. The van der Waals surface area contributed by atoms with Crippen LogP contribution in [0.25, 0.3) is 11.3 Å². The van der Waals surface area contributed by atoms with Crippen molar-refractivity contribution in [3.63, 3.8) is 0 Å². The van der Waals surface area contributed by atoms with Gasteiger partial charge in [0.05, 0.1) is 12.0 Å². The fourth-order valence-electron chi connectivity index (χ4n) is 3.72. The average Bonchev–Trinajstić information content (AvgIpc) is 3.21. The number of nitrogens with one attached hydrogen (secondary N) is 2. The van der Waals surface area contributed by atoms with E-state index in [1.807, 2.05) is 6.07 Å². The number of pyridine rings is 1. The Labute approximate surface area is 200 Å². The van der Waals surface area contributed by atoms with Gasteiger partial charge in [-0.3, -0.25) is 14.3 Å². The predicted octanol–water partition coefficient (Wildman–Crippen LogP) is 4.06. The van der Waals surface area contributed by atoms with Crippen molar-refractivity contribution in [2.75, 3.05) is 18.4 Å². The van der Waals surface area contributed by atoms with Gasteiger partial charge in [0.2, 0.25) is 0 Å². The van der Waals surface area contributed by atoms with Gasteiger partial charge in [-0.2, -0.15) is 5.10 Å². The number of aryl methyl sites for hydroxylation is 3. The summed E-state index contributed by atoms with van der Waals surface area (Å²) < 4.78 is 1.69. The Bertz CT molecular complexity index is 1170. The predicted molar refractivity (Wildman–Crippen MR) is 127 cm³/mol. The van der Waals surface area contributed by atoms with Gasteiger partial charge in [-0.25, -0.2) is 4.98 Å². The number of carbonyl (C=O) groups excluding carboxylic acids is 1. The first-order valence-electron chi connectivity index (χ1n) is 10.7. The molecule has 0 atom stereocenters. The van der Waals surface area contributed by atoms with Gasteiger partial charge in [-0.15, -0.1) is 0 Å². The lowest BCUT2D eigenvalue weighted by Gasteiger charge is -2.17. The molecule has 1 aromatic carbocycles. The van der Waals surface area contributed by atoms with E-state index in [1.54, 1.807) is 29.1 Å². The number of hydrogen-bond donors (Lipinski definition) is 3. The van der Waals surface area contributed by atoms with Crippen LogP contribution >= 0.6 is 23.2 Å². The van der Waals surface area contributed by atoms with Crippen LogP contribution in [0.2, 0.25) is 10.0 Å². The zero-order chi connectivity index (χ0) is 23.4. The summed E-state index contributed by atoms with van der Waals surface area (Å²) in [6.45, 7) is 1.45. The molecular weight excluding hydrogens is 465 g/mol. The molecule has 2 aromatic heterocycles. The van der Waals surface area contributed by atoms with Gasteiger partial charge in [0.15, 0.2) is 0 Å². The number of carboxylic acid groups (broad SMARTS) is 1. The lowest BCUT2D eigenvalue weighted by molar-refractivity contribution is -0.136. The van der Waals surface area contributed by atoms with Gasteiger partial charge in [-0.05, 0) is 42.7 Å². The van der Waals surface area contributed by atoms with Crippen LogP contribution in [0.3, 0.4) is 0 Å². The van der Waals surface area contributed by atoms with E-state index in [4.69, 9.17) is 33.3 Å². The second-order valence-electron chi connectivity index (χ2n) is 7.80. The number of aromatic nitrogens is 3. The highest BCUT2D eigenvalue weighted by atomic mass is 35.5. The number of halogens is 2. The average molecular weight is 488 g/mol. The highest BCUT2D eigenvalue weighted by Crippen LogP contribution is 2.29. The monoisotopic (exact) mass is 487 g/mol. The Morgan fingerprint density at radius 1 is 1.18 bits per heavy atom. The molecule has 0 bridgehead atoms. The van der Waals surface area contributed by atoms with Crippen LogP contribution in [-0.2, 0) is 24.2 Å². The zero-order valence-electron chi connectivity index (χ0n) is 17.8. The van der Waals surface area contributed by atoms with E-state index in [0.29, 0.717) is 39.8 Å². The van der Waals surface area contributed by atoms with Crippen molar-refractivity contribution in [2.45, 2.75) is 32.2 Å². The Hall–Kier alpha value is -3.10. The normalized spacial score (nSPS) is 12.7. The molecule has 172 valence electrons. The van der Waals surface area contributed by atoms with Crippen molar-refractivity contribution >= 4 is 40.9 Å². The molecular formula is C23H23Cl2N5O3. The molecule has 0 fully saturated rings. The standard InChI is InChI=1S/C23H23Cl2N5O3/c24-16-10-15(11-17(25)12-16)21-19(23(33)27-8-5-20(31)32)13-30(29-21)9-6-18-4-3-14-2-1-7-26-22(14)28-18/h3-4,10-13H,1-2,5-9H2,(H,26,28)(H,27,33)(H,31,32). The van der Waals surface area contributed by atoms with Crippen LogP contribution in [-0.4, -0.2) is 44.8 Å². The summed E-state index contributed by atoms with van der Waals surface area (Å²) in [7, 11) is 0. The number of carbonyl (C=O) groups is 2. The van der Waals surface area contributed by atoms with Crippen LogP contribution in [0.15, 0.2) is 36.5 Å². The second-order valence-corrected chi connectivity index (χ2v) is 8.68. The smallest absolute Gasteiger partial charge is 0.305 e. The molecule has 3 heterocycles. The van der Waals surface area contributed by atoms with E-state index in [-0.39, 0.29) is 13.0 Å². The van der Waals surface area contributed by atoms with Gasteiger partial charge in [0.1, 0.15) is 11.5 Å². The minimum Gasteiger partial charge on any atom is -0.481 e. The molecule has 3 aromatic rings. The number of nitrogens with zero attached hydrogens (tertiary/aromatic N) is 3. The summed E-state index contributed by atoms with van der Waals surface area (Å²) in [5.41, 5.74) is 3.50. The van der Waals surface area contributed by atoms with Gasteiger partial charge in [0.25, 0.3) is 5.91 Å². The second kappa shape index (κ2) is 10.2. The van der Waals surface area contributed by atoms with Gasteiger partial charge in [0, 0.05) is 53.6 Å². The molecule has 0 saturated heterocycles. The molecule has 0 unspecified atom stereocenters. The SMILES string of the molecule is O=C(O)CCNC(=O)c1cn(CCc2ccc3c(n2)NCCC3)nc1-c1cc(Cl)cc(Cl)c1. The molecule has 33 heavy (non-hydrogen) atoms. The van der Waals surface area contributed by atoms with Gasteiger partial charge in [-0.1, -0.05) is 29.3 Å². The summed E-state index contributed by atoms with van der Waals surface area (Å²) in [6.07, 6.45) is 4.25. The van der Waals surface area contributed by atoms with Crippen molar-refractivity contribution < 1.29 is 14.7 Å². The van der Waals surface area contributed by atoms with Crippen molar-refractivity contribution in [1.82, 2.24) is 20.1 Å². The summed E-state index contributed by atoms with van der Waals surface area (Å²) >= 11 is 12.3. The van der Waals surface area contributed by atoms with Crippen LogP contribution in [0, 0.1) is 0 Å². The molecule has 10 heteroatoms. The first kappa shape index (κ1) is 23.1. The van der Waals surface area contributed by atoms with E-state index in [0.717, 1.165) is 30.9 Å².